The Morgan fingerprint density at radius 1 is 1.07 bits per heavy atom. The smallest absolute Gasteiger partial charge is 0.259 e. The van der Waals surface area contributed by atoms with Crippen molar-refractivity contribution in [3.05, 3.63) is 95.2 Å². The molecule has 1 N–H and O–H groups in total. The number of hydrogen-bond acceptors (Lipinski definition) is 3. The van der Waals surface area contributed by atoms with Gasteiger partial charge in [-0.25, -0.2) is 18.2 Å². The Balaban J connectivity index is 1.54. The lowest BCUT2D eigenvalue weighted by Gasteiger charge is -2.11. The van der Waals surface area contributed by atoms with Crippen molar-refractivity contribution in [2.24, 2.45) is 0 Å². The Bertz CT molecular complexity index is 1250. The van der Waals surface area contributed by atoms with Crippen LogP contribution < -0.4 is 10.1 Å². The van der Waals surface area contributed by atoms with Crippen LogP contribution in [0, 0.1) is 24.4 Å². The van der Waals surface area contributed by atoms with E-state index in [-0.39, 0.29) is 17.9 Å². The van der Waals surface area contributed by atoms with Gasteiger partial charge in [0, 0.05) is 12.4 Å². The topological polar surface area (TPSA) is 55.6 Å². The van der Waals surface area contributed by atoms with Gasteiger partial charge in [0.05, 0.1) is 16.9 Å². The van der Waals surface area contributed by atoms with E-state index in [0.29, 0.717) is 5.69 Å². The summed E-state index contributed by atoms with van der Waals surface area (Å²) < 4.78 is 48.0. The summed E-state index contributed by atoms with van der Waals surface area (Å²) in [6.07, 6.45) is 3.69. The predicted octanol–water partition coefficient (Wildman–Crippen LogP) is 4.89. The molecule has 2 aromatic heterocycles. The number of pyridine rings is 1. The van der Waals surface area contributed by atoms with Crippen LogP contribution in [0.4, 0.5) is 18.9 Å². The first-order chi connectivity index (χ1) is 14.4. The number of aryl methyl sites for hydroxylation is 1. The first-order valence-corrected chi connectivity index (χ1v) is 9.04. The van der Waals surface area contributed by atoms with Crippen molar-refractivity contribution in [1.29, 1.82) is 0 Å². The molecular formula is C22H16F3N3O2. The summed E-state index contributed by atoms with van der Waals surface area (Å²) in [7, 11) is 0. The normalized spacial score (nSPS) is 10.9. The maximum absolute atomic E-state index is 13.9. The number of fused-ring (bicyclic) bond motifs is 1. The second-order valence-electron chi connectivity index (χ2n) is 6.62. The van der Waals surface area contributed by atoms with Gasteiger partial charge in [-0.05, 0) is 42.8 Å². The number of halogens is 3. The van der Waals surface area contributed by atoms with Gasteiger partial charge >= 0.3 is 0 Å². The van der Waals surface area contributed by atoms with Crippen LogP contribution in [0.5, 0.6) is 5.75 Å². The number of hydrogen-bond donors (Lipinski definition) is 1. The Morgan fingerprint density at radius 3 is 2.67 bits per heavy atom. The molecule has 0 radical (unpaired) electrons. The number of nitrogens with one attached hydrogen (secondary N) is 1. The minimum Gasteiger partial charge on any atom is -0.486 e. The third-order valence-electron chi connectivity index (χ3n) is 4.52. The Hall–Kier alpha value is -3.81. The first kappa shape index (κ1) is 19.5. The Morgan fingerprint density at radius 2 is 1.87 bits per heavy atom. The summed E-state index contributed by atoms with van der Waals surface area (Å²) in [6.45, 7) is 2.05. The van der Waals surface area contributed by atoms with E-state index in [1.165, 1.54) is 6.07 Å². The van der Waals surface area contributed by atoms with Crippen LogP contribution in [0.25, 0.3) is 5.65 Å². The van der Waals surface area contributed by atoms with Gasteiger partial charge in [-0.2, -0.15) is 0 Å². The highest BCUT2D eigenvalue weighted by atomic mass is 19.2. The van der Waals surface area contributed by atoms with Crippen LogP contribution in [0.1, 0.15) is 21.6 Å². The predicted molar refractivity (Wildman–Crippen MR) is 105 cm³/mol. The standard InChI is InChI=1S/C22H16F3N3O2/c1-13-5-4-10-28-11-14(26-21(13)28)12-30-18-7-3-2-6-15(18)22(29)27-17-9-8-16(23)19(24)20(17)25/h2-11H,12H2,1H3,(H,27,29). The minimum absolute atomic E-state index is 0.102. The highest BCUT2D eigenvalue weighted by Crippen LogP contribution is 2.24. The fourth-order valence-electron chi connectivity index (χ4n) is 3.02. The molecular weight excluding hydrogens is 395 g/mol. The number of amides is 1. The average molecular weight is 411 g/mol. The number of nitrogens with zero attached hydrogens (tertiary/aromatic N) is 2. The number of aromatic nitrogens is 2. The minimum atomic E-state index is -1.65. The average Bonchev–Trinajstić information content (AvgIpc) is 3.17. The molecule has 0 aliphatic carbocycles. The third-order valence-corrected chi connectivity index (χ3v) is 4.52. The molecule has 2 heterocycles. The molecule has 0 bridgehead atoms. The van der Waals surface area contributed by atoms with E-state index in [4.69, 9.17) is 4.74 Å². The van der Waals surface area contributed by atoms with Crippen molar-refractivity contribution in [1.82, 2.24) is 9.38 Å². The zero-order chi connectivity index (χ0) is 21.3. The van der Waals surface area contributed by atoms with E-state index in [2.05, 4.69) is 10.3 Å². The fraction of sp³-hybridized carbons (Fsp3) is 0.0909. The van der Waals surface area contributed by atoms with Gasteiger partial charge in [-0.1, -0.05) is 18.2 Å². The van der Waals surface area contributed by atoms with Crippen molar-refractivity contribution in [2.75, 3.05) is 5.32 Å². The molecule has 152 valence electrons. The molecule has 0 fully saturated rings. The molecule has 0 unspecified atom stereocenters. The van der Waals surface area contributed by atoms with E-state index in [0.717, 1.165) is 23.3 Å². The number of imidazole rings is 1. The molecule has 0 aliphatic heterocycles. The molecule has 4 rings (SSSR count). The maximum Gasteiger partial charge on any atom is 0.259 e. The summed E-state index contributed by atoms with van der Waals surface area (Å²) in [6, 6.07) is 11.9. The van der Waals surface area contributed by atoms with Crippen LogP contribution in [-0.4, -0.2) is 15.3 Å². The van der Waals surface area contributed by atoms with Crippen molar-refractivity contribution in [3.8, 4) is 5.75 Å². The van der Waals surface area contributed by atoms with Crippen molar-refractivity contribution in [2.45, 2.75) is 13.5 Å². The first-order valence-electron chi connectivity index (χ1n) is 9.04. The summed E-state index contributed by atoms with van der Waals surface area (Å²) in [5.74, 6) is -4.94. The fourth-order valence-corrected chi connectivity index (χ4v) is 3.02. The zero-order valence-corrected chi connectivity index (χ0v) is 15.8. The Kier molecular flexibility index (Phi) is 5.14. The van der Waals surface area contributed by atoms with Crippen LogP contribution in [-0.2, 0) is 6.61 Å². The van der Waals surface area contributed by atoms with Gasteiger partial charge in [0.15, 0.2) is 17.5 Å². The Labute approximate surface area is 169 Å². The molecule has 5 nitrogen and oxygen atoms in total. The highest BCUT2D eigenvalue weighted by Gasteiger charge is 2.18. The molecule has 0 spiro atoms. The van der Waals surface area contributed by atoms with Crippen LogP contribution in [0.15, 0.2) is 60.9 Å². The lowest BCUT2D eigenvalue weighted by Crippen LogP contribution is -2.15. The van der Waals surface area contributed by atoms with Gasteiger partial charge in [0.2, 0.25) is 0 Å². The maximum atomic E-state index is 13.9. The third kappa shape index (κ3) is 3.71. The summed E-state index contributed by atoms with van der Waals surface area (Å²) in [5.41, 5.74) is 2.12. The van der Waals surface area contributed by atoms with E-state index in [1.807, 2.05) is 35.9 Å². The van der Waals surface area contributed by atoms with Crippen LogP contribution in [0.2, 0.25) is 0 Å². The molecule has 0 saturated heterocycles. The van der Waals surface area contributed by atoms with Gasteiger partial charge in [-0.15, -0.1) is 0 Å². The zero-order valence-electron chi connectivity index (χ0n) is 15.8. The molecule has 0 saturated carbocycles. The molecule has 0 atom stereocenters. The molecule has 4 aromatic rings. The van der Waals surface area contributed by atoms with Gasteiger partial charge < -0.3 is 14.5 Å². The van der Waals surface area contributed by atoms with E-state index in [9.17, 15) is 18.0 Å². The molecule has 8 heteroatoms. The number of benzene rings is 2. The number of rotatable bonds is 5. The number of ether oxygens (including phenoxy) is 1. The molecule has 30 heavy (non-hydrogen) atoms. The van der Waals surface area contributed by atoms with Crippen LogP contribution in [0.3, 0.4) is 0 Å². The summed E-state index contributed by atoms with van der Waals surface area (Å²) in [4.78, 5) is 17.1. The van der Waals surface area contributed by atoms with E-state index >= 15 is 0 Å². The number of para-hydroxylation sites is 1. The highest BCUT2D eigenvalue weighted by molar-refractivity contribution is 6.06. The van der Waals surface area contributed by atoms with Crippen LogP contribution >= 0.6 is 0 Å². The quantitative estimate of drug-likeness (QED) is 0.476. The monoisotopic (exact) mass is 411 g/mol. The van der Waals surface area contributed by atoms with Gasteiger partial charge in [0.25, 0.3) is 5.91 Å². The second kappa shape index (κ2) is 7.90. The number of carbonyl (C=O) groups is 1. The van der Waals surface area contributed by atoms with Gasteiger partial charge in [-0.3, -0.25) is 4.79 Å². The van der Waals surface area contributed by atoms with Crippen molar-refractivity contribution >= 4 is 17.2 Å². The second-order valence-corrected chi connectivity index (χ2v) is 6.62. The van der Waals surface area contributed by atoms with E-state index < -0.39 is 29.0 Å². The van der Waals surface area contributed by atoms with Crippen molar-refractivity contribution < 1.29 is 22.7 Å². The molecule has 0 aliphatic rings. The number of anilines is 1. The molecule has 2 aromatic carbocycles. The van der Waals surface area contributed by atoms with Gasteiger partial charge in [0.1, 0.15) is 18.0 Å². The van der Waals surface area contributed by atoms with E-state index in [1.54, 1.807) is 18.2 Å². The lowest BCUT2D eigenvalue weighted by atomic mass is 10.1. The molecule has 1 amide bonds. The summed E-state index contributed by atoms with van der Waals surface area (Å²) in [5, 5.41) is 2.24. The lowest BCUT2D eigenvalue weighted by molar-refractivity contribution is 0.102. The summed E-state index contributed by atoms with van der Waals surface area (Å²) >= 11 is 0. The SMILES string of the molecule is Cc1cccn2cc(COc3ccccc3C(=O)Nc3ccc(F)c(F)c3F)nc12. The largest absolute Gasteiger partial charge is 0.486 e. The number of carbonyl (C=O) groups excluding carboxylic acids is 1. The van der Waals surface area contributed by atoms with Crippen molar-refractivity contribution in [3.63, 3.8) is 0 Å².